The van der Waals surface area contributed by atoms with Crippen LogP contribution in [0.3, 0.4) is 0 Å². The lowest BCUT2D eigenvalue weighted by atomic mass is 9.62. The first-order chi connectivity index (χ1) is 21.8. The molecule has 2 aromatic heterocycles. The van der Waals surface area contributed by atoms with Gasteiger partial charge in [0.2, 0.25) is 0 Å². The molecular formula is C42H43N3O. The first-order valence-electron chi connectivity index (χ1n) is 16.4. The molecule has 1 aliphatic rings. The maximum Gasteiger partial charge on any atom is 0.149 e. The average molecular weight is 606 g/mol. The molecule has 0 saturated carbocycles. The largest absolute Gasteiger partial charge is 0.507 e. The average Bonchev–Trinajstić information content (AvgIpc) is 3.43. The molecule has 0 aliphatic heterocycles. The fourth-order valence-corrected chi connectivity index (χ4v) is 7.15. The van der Waals surface area contributed by atoms with Crippen molar-refractivity contribution in [1.82, 2.24) is 14.5 Å². The van der Waals surface area contributed by atoms with Crippen LogP contribution in [0, 0.1) is 0 Å². The Morgan fingerprint density at radius 3 is 2.15 bits per heavy atom. The molecule has 0 unspecified atom stereocenters. The Kier molecular flexibility index (Phi) is 6.97. The number of pyridine rings is 1. The molecule has 4 aromatic carbocycles. The molecule has 0 atom stereocenters. The zero-order valence-corrected chi connectivity index (χ0v) is 28.0. The molecule has 7 rings (SSSR count). The second-order valence-electron chi connectivity index (χ2n) is 15.2. The van der Waals surface area contributed by atoms with Gasteiger partial charge < -0.3 is 5.11 Å². The fourth-order valence-electron chi connectivity index (χ4n) is 7.15. The van der Waals surface area contributed by atoms with Gasteiger partial charge in [0, 0.05) is 28.6 Å². The second kappa shape index (κ2) is 10.7. The van der Waals surface area contributed by atoms with Crippen molar-refractivity contribution in [2.24, 2.45) is 0 Å². The van der Waals surface area contributed by atoms with E-state index in [4.69, 9.17) is 4.98 Å². The number of aromatic hydroxyl groups is 1. The number of fused-ring (bicyclic) bond motifs is 2. The lowest BCUT2D eigenvalue weighted by Gasteiger charge is -2.42. The molecule has 232 valence electrons. The molecule has 1 N–H and O–H groups in total. The number of imidazole rings is 1. The molecule has 0 saturated heterocycles. The van der Waals surface area contributed by atoms with Gasteiger partial charge in [-0.25, -0.2) is 4.98 Å². The molecular weight excluding hydrogens is 562 g/mol. The highest BCUT2D eigenvalue weighted by molar-refractivity contribution is 5.97. The van der Waals surface area contributed by atoms with Crippen LogP contribution in [0.1, 0.15) is 78.0 Å². The summed E-state index contributed by atoms with van der Waals surface area (Å²) >= 11 is 0. The van der Waals surface area contributed by atoms with E-state index >= 15 is 0 Å². The van der Waals surface area contributed by atoms with E-state index in [9.17, 15) is 5.11 Å². The van der Waals surface area contributed by atoms with E-state index in [0.717, 1.165) is 68.9 Å². The summed E-state index contributed by atoms with van der Waals surface area (Å²) in [5, 5.41) is 12.2. The summed E-state index contributed by atoms with van der Waals surface area (Å²) in [6.07, 6.45) is 3.96. The number of phenolic OH excluding ortho intramolecular Hbond substituents is 1. The van der Waals surface area contributed by atoms with Gasteiger partial charge in [0.1, 0.15) is 11.6 Å². The third-order valence-corrected chi connectivity index (χ3v) is 9.97. The van der Waals surface area contributed by atoms with Gasteiger partial charge in [0.25, 0.3) is 0 Å². The van der Waals surface area contributed by atoms with Crippen LogP contribution in [0.15, 0.2) is 103 Å². The third kappa shape index (κ3) is 5.01. The second-order valence-corrected chi connectivity index (χ2v) is 15.2. The summed E-state index contributed by atoms with van der Waals surface area (Å²) in [7, 11) is 0. The van der Waals surface area contributed by atoms with Crippen molar-refractivity contribution in [2.75, 3.05) is 0 Å². The SMILES string of the molecule is CC(C)(C)c1cc(-c2ccccn2)cc(-c2cccc3c2nc(-c2ccc4c(c2O)C(C)(C)CCC4(C)C)n3-c2ccccc2)c1. The van der Waals surface area contributed by atoms with Crippen molar-refractivity contribution in [1.29, 1.82) is 0 Å². The van der Waals surface area contributed by atoms with Crippen LogP contribution in [0.25, 0.3) is 50.5 Å². The Morgan fingerprint density at radius 2 is 1.43 bits per heavy atom. The van der Waals surface area contributed by atoms with E-state index in [1.807, 2.05) is 24.4 Å². The number of para-hydroxylation sites is 2. The highest BCUT2D eigenvalue weighted by Gasteiger charge is 2.40. The van der Waals surface area contributed by atoms with Crippen molar-refractivity contribution >= 4 is 11.0 Å². The Labute approximate surface area is 272 Å². The monoisotopic (exact) mass is 605 g/mol. The van der Waals surface area contributed by atoms with Crippen molar-refractivity contribution in [3.8, 4) is 45.2 Å². The van der Waals surface area contributed by atoms with Crippen LogP contribution in [0.5, 0.6) is 5.75 Å². The number of benzene rings is 4. The number of hydrogen-bond acceptors (Lipinski definition) is 3. The van der Waals surface area contributed by atoms with Crippen LogP contribution in [0.2, 0.25) is 0 Å². The van der Waals surface area contributed by atoms with Crippen LogP contribution >= 0.6 is 0 Å². The molecule has 2 heterocycles. The van der Waals surface area contributed by atoms with Gasteiger partial charge >= 0.3 is 0 Å². The Balaban J connectivity index is 1.52. The number of rotatable bonds is 4. The lowest BCUT2D eigenvalue weighted by molar-refractivity contribution is 0.318. The maximum absolute atomic E-state index is 12.2. The number of hydrogen-bond donors (Lipinski definition) is 1. The summed E-state index contributed by atoms with van der Waals surface area (Å²) in [5.74, 6) is 1.08. The van der Waals surface area contributed by atoms with Crippen molar-refractivity contribution in [2.45, 2.75) is 77.6 Å². The number of nitrogens with zero attached hydrogens (tertiary/aromatic N) is 3. The summed E-state index contributed by atoms with van der Waals surface area (Å²) in [5.41, 5.74) is 11.1. The van der Waals surface area contributed by atoms with E-state index in [1.165, 1.54) is 11.1 Å². The molecule has 0 fully saturated rings. The van der Waals surface area contributed by atoms with Crippen molar-refractivity contribution < 1.29 is 5.11 Å². The molecule has 4 heteroatoms. The molecule has 0 bridgehead atoms. The highest BCUT2D eigenvalue weighted by atomic mass is 16.3. The Bertz CT molecular complexity index is 2080. The third-order valence-electron chi connectivity index (χ3n) is 9.97. The zero-order chi connectivity index (χ0) is 32.4. The van der Waals surface area contributed by atoms with Crippen LogP contribution in [-0.4, -0.2) is 19.6 Å². The molecule has 0 radical (unpaired) electrons. The molecule has 6 aromatic rings. The van der Waals surface area contributed by atoms with Gasteiger partial charge in [0.15, 0.2) is 0 Å². The summed E-state index contributed by atoms with van der Waals surface area (Å²) in [4.78, 5) is 10.1. The normalized spacial score (nSPS) is 15.5. The Hall–Kier alpha value is -4.70. The molecule has 0 spiro atoms. The van der Waals surface area contributed by atoms with Gasteiger partial charge in [-0.05, 0) is 94.3 Å². The first-order valence-corrected chi connectivity index (χ1v) is 16.4. The topological polar surface area (TPSA) is 50.9 Å². The summed E-state index contributed by atoms with van der Waals surface area (Å²) in [6.45, 7) is 15.8. The first kappa shape index (κ1) is 30.0. The van der Waals surface area contributed by atoms with Crippen molar-refractivity contribution in [3.63, 3.8) is 0 Å². The minimum atomic E-state index is -0.144. The molecule has 1 aliphatic carbocycles. The van der Waals surface area contributed by atoms with Gasteiger partial charge in [-0.15, -0.1) is 0 Å². The van der Waals surface area contributed by atoms with Crippen LogP contribution < -0.4 is 0 Å². The van der Waals surface area contributed by atoms with Gasteiger partial charge in [-0.2, -0.15) is 0 Å². The van der Waals surface area contributed by atoms with E-state index in [2.05, 4.69) is 137 Å². The molecule has 4 nitrogen and oxygen atoms in total. The smallest absolute Gasteiger partial charge is 0.149 e. The predicted molar refractivity (Wildman–Crippen MR) is 191 cm³/mol. The predicted octanol–water partition coefficient (Wildman–Crippen LogP) is 10.8. The maximum atomic E-state index is 12.2. The minimum absolute atomic E-state index is 0.00299. The van der Waals surface area contributed by atoms with E-state index < -0.39 is 0 Å². The standard InChI is InChI=1S/C42H43N3O/c1-40(2,3)29-25-27(24-28(26-29)34-17-11-12-23-43-34)31-16-13-18-35-37(31)44-39(45(35)30-14-9-8-10-15-30)32-19-20-33-36(38(32)46)42(6,7)22-21-41(33,4)5/h8-20,23-26,46H,21-22H2,1-7H3. The fraction of sp³-hybridized carbons (Fsp3) is 0.286. The number of phenols is 1. The van der Waals surface area contributed by atoms with Crippen molar-refractivity contribution in [3.05, 3.63) is 120 Å². The molecule has 0 amide bonds. The highest BCUT2D eigenvalue weighted by Crippen LogP contribution is 2.52. The zero-order valence-electron chi connectivity index (χ0n) is 28.0. The van der Waals surface area contributed by atoms with Crippen LogP contribution in [0.4, 0.5) is 0 Å². The number of aromatic nitrogens is 3. The van der Waals surface area contributed by atoms with Gasteiger partial charge in [-0.3, -0.25) is 9.55 Å². The molecule has 46 heavy (non-hydrogen) atoms. The summed E-state index contributed by atoms with van der Waals surface area (Å²) in [6, 6.07) is 33.9. The minimum Gasteiger partial charge on any atom is -0.507 e. The van der Waals surface area contributed by atoms with E-state index in [-0.39, 0.29) is 16.2 Å². The van der Waals surface area contributed by atoms with E-state index in [0.29, 0.717) is 5.75 Å². The van der Waals surface area contributed by atoms with Gasteiger partial charge in [-0.1, -0.05) is 97.0 Å². The van der Waals surface area contributed by atoms with Gasteiger partial charge in [0.05, 0.1) is 22.3 Å². The lowest BCUT2D eigenvalue weighted by Crippen LogP contribution is -2.34. The van der Waals surface area contributed by atoms with Crippen LogP contribution in [-0.2, 0) is 16.2 Å². The Morgan fingerprint density at radius 1 is 0.717 bits per heavy atom. The quantitative estimate of drug-likeness (QED) is 0.217. The van der Waals surface area contributed by atoms with E-state index in [1.54, 1.807) is 0 Å². The summed E-state index contributed by atoms with van der Waals surface area (Å²) < 4.78 is 2.20.